The molecule has 29 heavy (non-hydrogen) atoms. The smallest absolute Gasteiger partial charge is 0.416 e. The average molecular weight is 406 g/mol. The molecule has 0 aliphatic heterocycles. The molecule has 3 rings (SSSR count). The summed E-state index contributed by atoms with van der Waals surface area (Å²) < 4.78 is 43.5. The number of fused-ring (bicyclic) bond motifs is 1. The summed E-state index contributed by atoms with van der Waals surface area (Å²) in [5.74, 6) is 0.0811. The maximum Gasteiger partial charge on any atom is 0.416 e. The molecule has 1 heterocycles. The summed E-state index contributed by atoms with van der Waals surface area (Å²) in [6, 6.07) is 10.3. The van der Waals surface area contributed by atoms with Crippen LogP contribution in [0, 0.1) is 0 Å². The molecule has 0 bridgehead atoms. The minimum absolute atomic E-state index is 0.289. The fourth-order valence-corrected chi connectivity index (χ4v) is 2.84. The lowest BCUT2D eigenvalue weighted by atomic mass is 10.1. The van der Waals surface area contributed by atoms with E-state index in [0.717, 1.165) is 28.6 Å². The highest BCUT2D eigenvalue weighted by atomic mass is 19.4. The zero-order valence-electron chi connectivity index (χ0n) is 15.7. The van der Waals surface area contributed by atoms with E-state index in [2.05, 4.69) is 10.3 Å². The number of amides is 1. The molecule has 0 saturated heterocycles. The SMILES string of the molecule is CC[C@@H](O)C(=O)Nc1c[nH]c2ccc(OCCc3ccc(C(F)(F)F)cc3)cc12. The van der Waals surface area contributed by atoms with Gasteiger partial charge in [-0.2, -0.15) is 13.2 Å². The first kappa shape index (κ1) is 20.7. The van der Waals surface area contributed by atoms with Crippen molar-refractivity contribution >= 4 is 22.5 Å². The van der Waals surface area contributed by atoms with Crippen LogP contribution in [0.2, 0.25) is 0 Å². The summed E-state index contributed by atoms with van der Waals surface area (Å²) in [7, 11) is 0. The second-order valence-electron chi connectivity index (χ2n) is 6.62. The predicted octanol–water partition coefficient (Wildman–Crippen LogP) is 4.52. The number of alkyl halides is 3. The Balaban J connectivity index is 1.63. The van der Waals surface area contributed by atoms with E-state index in [0.29, 0.717) is 24.3 Å². The third-order valence-electron chi connectivity index (χ3n) is 4.54. The van der Waals surface area contributed by atoms with Crippen LogP contribution in [0.1, 0.15) is 24.5 Å². The molecule has 0 unspecified atom stereocenters. The molecule has 1 atom stereocenters. The van der Waals surface area contributed by atoms with Gasteiger partial charge in [0, 0.05) is 23.5 Å². The van der Waals surface area contributed by atoms with Crippen LogP contribution >= 0.6 is 0 Å². The Labute approximate surface area is 165 Å². The Hall–Kier alpha value is -3.00. The number of hydrogen-bond acceptors (Lipinski definition) is 3. The van der Waals surface area contributed by atoms with Crippen LogP contribution < -0.4 is 10.1 Å². The van der Waals surface area contributed by atoms with Gasteiger partial charge in [-0.25, -0.2) is 0 Å². The quantitative estimate of drug-likeness (QED) is 0.540. The molecule has 3 aromatic rings. The fraction of sp³-hybridized carbons (Fsp3) is 0.286. The van der Waals surface area contributed by atoms with Crippen LogP contribution in [0.3, 0.4) is 0 Å². The number of ether oxygens (including phenoxy) is 1. The lowest BCUT2D eigenvalue weighted by Crippen LogP contribution is -2.26. The molecule has 0 aliphatic rings. The Morgan fingerprint density at radius 2 is 1.93 bits per heavy atom. The van der Waals surface area contributed by atoms with E-state index in [9.17, 15) is 23.1 Å². The van der Waals surface area contributed by atoms with Crippen LogP contribution in [0.25, 0.3) is 10.9 Å². The number of hydrogen-bond donors (Lipinski definition) is 3. The van der Waals surface area contributed by atoms with Gasteiger partial charge in [0.25, 0.3) is 5.91 Å². The van der Waals surface area contributed by atoms with Gasteiger partial charge in [-0.05, 0) is 42.3 Å². The zero-order valence-corrected chi connectivity index (χ0v) is 15.7. The van der Waals surface area contributed by atoms with Crippen molar-refractivity contribution in [2.45, 2.75) is 32.0 Å². The summed E-state index contributed by atoms with van der Waals surface area (Å²) in [5.41, 5.74) is 1.39. The van der Waals surface area contributed by atoms with Gasteiger partial charge < -0.3 is 20.1 Å². The minimum Gasteiger partial charge on any atom is -0.493 e. The fourth-order valence-electron chi connectivity index (χ4n) is 2.84. The molecular weight excluding hydrogens is 385 g/mol. The summed E-state index contributed by atoms with van der Waals surface area (Å²) in [5, 5.41) is 13.0. The third-order valence-corrected chi connectivity index (χ3v) is 4.54. The van der Waals surface area contributed by atoms with Gasteiger partial charge in [-0.1, -0.05) is 19.1 Å². The number of aromatic amines is 1. The highest BCUT2D eigenvalue weighted by Crippen LogP contribution is 2.30. The summed E-state index contributed by atoms with van der Waals surface area (Å²) in [4.78, 5) is 14.9. The van der Waals surface area contributed by atoms with Crippen molar-refractivity contribution in [3.63, 3.8) is 0 Å². The molecule has 0 radical (unpaired) electrons. The van der Waals surface area contributed by atoms with Crippen LogP contribution in [-0.2, 0) is 17.4 Å². The summed E-state index contributed by atoms with van der Waals surface area (Å²) in [6.45, 7) is 2.00. The number of carbonyl (C=O) groups is 1. The highest BCUT2D eigenvalue weighted by Gasteiger charge is 2.29. The highest BCUT2D eigenvalue weighted by molar-refractivity contribution is 6.03. The number of anilines is 1. The number of aromatic nitrogens is 1. The van der Waals surface area contributed by atoms with Crippen molar-refractivity contribution in [2.75, 3.05) is 11.9 Å². The topological polar surface area (TPSA) is 74.4 Å². The van der Waals surface area contributed by atoms with Crippen molar-refractivity contribution < 1.29 is 27.8 Å². The van der Waals surface area contributed by atoms with Gasteiger partial charge in [0.1, 0.15) is 11.9 Å². The Morgan fingerprint density at radius 1 is 1.21 bits per heavy atom. The van der Waals surface area contributed by atoms with Gasteiger partial charge in [0.2, 0.25) is 0 Å². The number of H-pyrrole nitrogens is 1. The van der Waals surface area contributed by atoms with E-state index in [1.807, 2.05) is 0 Å². The monoisotopic (exact) mass is 406 g/mol. The van der Waals surface area contributed by atoms with Crippen LogP contribution in [0.15, 0.2) is 48.7 Å². The number of aliphatic hydroxyl groups excluding tert-OH is 1. The molecule has 154 valence electrons. The minimum atomic E-state index is -4.35. The molecule has 8 heteroatoms. The van der Waals surface area contributed by atoms with E-state index < -0.39 is 23.8 Å². The largest absolute Gasteiger partial charge is 0.493 e. The van der Waals surface area contributed by atoms with Crippen LogP contribution in [0.4, 0.5) is 18.9 Å². The standard InChI is InChI=1S/C21H21F3N2O3/c1-2-19(27)20(28)26-18-12-25-17-8-7-15(11-16(17)18)29-10-9-13-3-5-14(6-4-13)21(22,23)24/h3-8,11-12,19,25,27H,2,9-10H2,1H3,(H,26,28)/t19-/m1/s1. The van der Waals surface area contributed by atoms with E-state index in [4.69, 9.17) is 4.74 Å². The van der Waals surface area contributed by atoms with Crippen LogP contribution in [0.5, 0.6) is 5.75 Å². The zero-order chi connectivity index (χ0) is 21.0. The van der Waals surface area contributed by atoms with Gasteiger partial charge in [-0.3, -0.25) is 4.79 Å². The number of aliphatic hydroxyl groups is 1. The van der Waals surface area contributed by atoms with Gasteiger partial charge in [-0.15, -0.1) is 0 Å². The van der Waals surface area contributed by atoms with Crippen molar-refractivity contribution in [1.29, 1.82) is 0 Å². The third kappa shape index (κ3) is 5.08. The van der Waals surface area contributed by atoms with Crippen molar-refractivity contribution in [2.24, 2.45) is 0 Å². The second-order valence-corrected chi connectivity index (χ2v) is 6.62. The van der Waals surface area contributed by atoms with E-state index in [-0.39, 0.29) is 6.61 Å². The molecule has 1 amide bonds. The number of halogens is 3. The number of carbonyl (C=O) groups excluding carboxylic acids is 1. The molecule has 1 aromatic heterocycles. The first-order valence-electron chi connectivity index (χ1n) is 9.17. The maximum atomic E-state index is 12.6. The lowest BCUT2D eigenvalue weighted by molar-refractivity contribution is -0.137. The van der Waals surface area contributed by atoms with Crippen molar-refractivity contribution in [3.8, 4) is 5.75 Å². The molecular formula is C21H21F3N2O3. The van der Waals surface area contributed by atoms with Crippen LogP contribution in [-0.4, -0.2) is 28.7 Å². The van der Waals surface area contributed by atoms with E-state index in [1.165, 1.54) is 12.1 Å². The molecule has 0 saturated carbocycles. The number of benzene rings is 2. The van der Waals surface area contributed by atoms with E-state index >= 15 is 0 Å². The Morgan fingerprint density at radius 3 is 2.59 bits per heavy atom. The first-order chi connectivity index (χ1) is 13.8. The van der Waals surface area contributed by atoms with Crippen molar-refractivity contribution in [1.82, 2.24) is 4.98 Å². The second kappa shape index (κ2) is 8.57. The molecule has 0 spiro atoms. The molecule has 2 aromatic carbocycles. The number of nitrogens with one attached hydrogen (secondary N) is 2. The lowest BCUT2D eigenvalue weighted by Gasteiger charge is -2.10. The van der Waals surface area contributed by atoms with Gasteiger partial charge in [0.15, 0.2) is 0 Å². The first-order valence-corrected chi connectivity index (χ1v) is 9.17. The van der Waals surface area contributed by atoms with Gasteiger partial charge >= 0.3 is 6.18 Å². The Bertz CT molecular complexity index is 981. The Kier molecular flexibility index (Phi) is 6.12. The maximum absolute atomic E-state index is 12.6. The normalized spacial score (nSPS) is 12.7. The molecule has 5 nitrogen and oxygen atoms in total. The van der Waals surface area contributed by atoms with Gasteiger partial charge in [0.05, 0.1) is 17.9 Å². The van der Waals surface area contributed by atoms with Crippen molar-refractivity contribution in [3.05, 3.63) is 59.8 Å². The summed E-state index contributed by atoms with van der Waals surface area (Å²) >= 11 is 0. The molecule has 3 N–H and O–H groups in total. The molecule has 0 fully saturated rings. The predicted molar refractivity (Wildman–Crippen MR) is 104 cm³/mol. The molecule has 0 aliphatic carbocycles. The van der Waals surface area contributed by atoms with E-state index in [1.54, 1.807) is 31.3 Å². The summed E-state index contributed by atoms with van der Waals surface area (Å²) in [6.07, 6.45) is -3.02. The number of rotatable bonds is 7. The average Bonchev–Trinajstić information content (AvgIpc) is 3.09.